The van der Waals surface area contributed by atoms with Gasteiger partial charge in [-0.15, -0.1) is 0 Å². The minimum atomic E-state index is -1.09. The fourth-order valence-corrected chi connectivity index (χ4v) is 3.19. The van der Waals surface area contributed by atoms with Gasteiger partial charge in [-0.3, -0.25) is 0 Å². The van der Waals surface area contributed by atoms with Crippen LogP contribution < -0.4 is 24.8 Å². The highest BCUT2D eigenvalue weighted by atomic mass is 35.5. The summed E-state index contributed by atoms with van der Waals surface area (Å²) >= 11 is 6.21. The fraction of sp³-hybridized carbons (Fsp3) is 0.300. The summed E-state index contributed by atoms with van der Waals surface area (Å²) in [5.74, 6) is 0.333. The topological polar surface area (TPSA) is 106 Å². The Morgan fingerprint density at radius 1 is 1.14 bits per heavy atom. The number of amides is 2. The van der Waals surface area contributed by atoms with Crippen molar-refractivity contribution in [2.75, 3.05) is 26.9 Å². The van der Waals surface area contributed by atoms with Crippen LogP contribution in [0.3, 0.4) is 0 Å². The minimum absolute atomic E-state index is 0.0442. The highest BCUT2D eigenvalue weighted by Crippen LogP contribution is 2.38. The van der Waals surface area contributed by atoms with E-state index in [1.54, 1.807) is 18.2 Å². The van der Waals surface area contributed by atoms with E-state index in [0.717, 1.165) is 5.56 Å². The van der Waals surface area contributed by atoms with E-state index in [1.807, 2.05) is 6.07 Å². The maximum atomic E-state index is 12.0. The molecule has 1 heterocycles. The van der Waals surface area contributed by atoms with Crippen molar-refractivity contribution in [3.05, 3.63) is 52.0 Å². The number of methoxy groups -OCH3 is 1. The van der Waals surface area contributed by atoms with Gasteiger partial charge in [0.25, 0.3) is 0 Å². The largest absolute Gasteiger partial charge is 0.496 e. The molecule has 0 saturated carbocycles. The van der Waals surface area contributed by atoms with Crippen molar-refractivity contribution in [1.29, 1.82) is 0 Å². The number of carboxylic acids is 1. The number of urea groups is 1. The third-order valence-corrected chi connectivity index (χ3v) is 4.58. The van der Waals surface area contributed by atoms with E-state index in [1.165, 1.54) is 13.2 Å². The lowest BCUT2D eigenvalue weighted by Crippen LogP contribution is -2.36. The van der Waals surface area contributed by atoms with Gasteiger partial charge in [0, 0.05) is 13.1 Å². The van der Waals surface area contributed by atoms with Crippen molar-refractivity contribution in [1.82, 2.24) is 10.6 Å². The molecule has 0 aliphatic carbocycles. The number of aromatic carboxylic acids is 1. The first kappa shape index (κ1) is 20.6. The van der Waals surface area contributed by atoms with E-state index < -0.39 is 5.97 Å². The number of hydrogen-bond acceptors (Lipinski definition) is 5. The summed E-state index contributed by atoms with van der Waals surface area (Å²) in [5.41, 5.74) is 1.61. The van der Waals surface area contributed by atoms with E-state index >= 15 is 0 Å². The lowest BCUT2D eigenvalue weighted by Gasteiger charge is -2.20. The second kappa shape index (κ2) is 9.38. The lowest BCUT2D eigenvalue weighted by atomic mass is 10.1. The second-order valence-electron chi connectivity index (χ2n) is 6.30. The monoisotopic (exact) mass is 420 g/mol. The summed E-state index contributed by atoms with van der Waals surface area (Å²) in [5, 5.41) is 15.1. The Morgan fingerprint density at radius 2 is 1.93 bits per heavy atom. The summed E-state index contributed by atoms with van der Waals surface area (Å²) in [6.45, 7) is 1.52. The quantitative estimate of drug-likeness (QED) is 0.636. The van der Waals surface area contributed by atoms with Gasteiger partial charge in [0.15, 0.2) is 11.5 Å². The summed E-state index contributed by atoms with van der Waals surface area (Å²) in [4.78, 5) is 23.3. The first-order chi connectivity index (χ1) is 14.0. The Morgan fingerprint density at radius 3 is 2.69 bits per heavy atom. The summed E-state index contributed by atoms with van der Waals surface area (Å²) in [6, 6.07) is 8.01. The average Bonchev–Trinajstić information content (AvgIpc) is 2.72. The van der Waals surface area contributed by atoms with Crippen molar-refractivity contribution in [2.24, 2.45) is 0 Å². The number of rotatable bonds is 7. The van der Waals surface area contributed by atoms with Crippen molar-refractivity contribution >= 4 is 23.6 Å². The van der Waals surface area contributed by atoms with Crippen LogP contribution >= 0.6 is 11.6 Å². The molecule has 2 amide bonds. The van der Waals surface area contributed by atoms with Gasteiger partial charge in [-0.1, -0.05) is 17.7 Å². The molecule has 154 valence electrons. The molecule has 0 saturated heterocycles. The maximum absolute atomic E-state index is 12.0. The van der Waals surface area contributed by atoms with Crippen molar-refractivity contribution in [2.45, 2.75) is 13.0 Å². The van der Waals surface area contributed by atoms with Crippen molar-refractivity contribution in [3.8, 4) is 17.2 Å². The van der Waals surface area contributed by atoms with Gasteiger partial charge in [0.2, 0.25) is 0 Å². The Hall–Kier alpha value is -3.13. The Balaban J connectivity index is 1.49. The molecule has 1 aliphatic heterocycles. The molecule has 0 unspecified atom stereocenters. The van der Waals surface area contributed by atoms with Crippen molar-refractivity contribution < 1.29 is 28.9 Å². The van der Waals surface area contributed by atoms with Gasteiger partial charge in [-0.05, 0) is 41.8 Å². The average molecular weight is 421 g/mol. The zero-order chi connectivity index (χ0) is 20.8. The molecule has 0 fully saturated rings. The zero-order valence-electron chi connectivity index (χ0n) is 15.8. The number of ether oxygens (including phenoxy) is 3. The van der Waals surface area contributed by atoms with E-state index in [2.05, 4.69) is 10.6 Å². The summed E-state index contributed by atoms with van der Waals surface area (Å²) in [6.07, 6.45) is 0.565. The first-order valence-electron chi connectivity index (χ1n) is 8.98. The third-order valence-electron chi connectivity index (χ3n) is 4.30. The number of halogens is 1. The normalized spacial score (nSPS) is 12.2. The smallest absolute Gasteiger partial charge is 0.339 e. The van der Waals surface area contributed by atoms with Gasteiger partial charge in [0.05, 0.1) is 12.1 Å². The molecule has 1 aliphatic rings. The predicted molar refractivity (Wildman–Crippen MR) is 106 cm³/mol. The number of carbonyl (C=O) groups excluding carboxylic acids is 1. The fourth-order valence-electron chi connectivity index (χ4n) is 2.91. The van der Waals surface area contributed by atoms with Crippen LogP contribution in [0.15, 0.2) is 30.3 Å². The van der Waals surface area contributed by atoms with E-state index in [0.29, 0.717) is 48.3 Å². The Labute approximate surface area is 172 Å². The zero-order valence-corrected chi connectivity index (χ0v) is 16.5. The van der Waals surface area contributed by atoms with Crippen LogP contribution in [0.5, 0.6) is 17.2 Å². The molecule has 0 spiro atoms. The number of carboxylic acid groups (broad SMARTS) is 1. The summed E-state index contributed by atoms with van der Waals surface area (Å²) in [7, 11) is 1.40. The molecule has 0 aromatic heterocycles. The van der Waals surface area contributed by atoms with Crippen LogP contribution in [0.25, 0.3) is 0 Å². The van der Waals surface area contributed by atoms with Crippen LogP contribution in [-0.2, 0) is 13.0 Å². The predicted octanol–water partition coefficient (Wildman–Crippen LogP) is 2.86. The highest BCUT2D eigenvalue weighted by molar-refractivity contribution is 6.32. The third kappa shape index (κ3) is 5.23. The molecule has 0 radical (unpaired) electrons. The van der Waals surface area contributed by atoms with Gasteiger partial charge in [-0.25, -0.2) is 9.59 Å². The van der Waals surface area contributed by atoms with Crippen molar-refractivity contribution in [3.63, 3.8) is 0 Å². The molecule has 29 heavy (non-hydrogen) atoms. The van der Waals surface area contributed by atoms with Crippen LogP contribution in [0, 0.1) is 0 Å². The molecule has 3 N–H and O–H groups in total. The summed E-state index contributed by atoms with van der Waals surface area (Å²) < 4.78 is 16.0. The molecule has 2 aromatic rings. The van der Waals surface area contributed by atoms with Gasteiger partial charge in [0.1, 0.15) is 24.5 Å². The number of hydrogen-bond donors (Lipinski definition) is 3. The standard InChI is InChI=1S/C20H21ClN2O6/c1-27-16-3-2-13(8-14(16)19(24)25)11-23-20(26)22-5-4-12-9-15(21)18-17(10-12)28-6-7-29-18/h2-3,8-10H,4-7,11H2,1H3,(H,24,25)(H2,22,23,26). The van der Waals surface area contributed by atoms with Gasteiger partial charge < -0.3 is 30.0 Å². The van der Waals surface area contributed by atoms with Crippen LogP contribution in [0.4, 0.5) is 4.79 Å². The molecule has 3 rings (SSSR count). The van der Waals surface area contributed by atoms with Gasteiger partial charge >= 0.3 is 12.0 Å². The lowest BCUT2D eigenvalue weighted by molar-refractivity contribution is 0.0693. The number of carbonyl (C=O) groups is 2. The molecule has 0 atom stereocenters. The van der Waals surface area contributed by atoms with Gasteiger partial charge in [-0.2, -0.15) is 0 Å². The molecule has 0 bridgehead atoms. The second-order valence-corrected chi connectivity index (χ2v) is 6.71. The maximum Gasteiger partial charge on any atom is 0.339 e. The van der Waals surface area contributed by atoms with Crippen LogP contribution in [-0.4, -0.2) is 44.0 Å². The number of nitrogens with one attached hydrogen (secondary N) is 2. The molecular formula is C20H21ClN2O6. The molecule has 8 nitrogen and oxygen atoms in total. The Kier molecular flexibility index (Phi) is 6.66. The number of fused-ring (bicyclic) bond motifs is 1. The Bertz CT molecular complexity index is 918. The SMILES string of the molecule is COc1ccc(CNC(=O)NCCc2cc(Cl)c3c(c2)OCCO3)cc1C(=O)O. The number of benzene rings is 2. The molecular weight excluding hydrogens is 400 g/mol. The van der Waals surface area contributed by atoms with E-state index in [9.17, 15) is 14.7 Å². The van der Waals surface area contributed by atoms with Crippen LogP contribution in [0.1, 0.15) is 21.5 Å². The van der Waals surface area contributed by atoms with Crippen LogP contribution in [0.2, 0.25) is 5.02 Å². The first-order valence-corrected chi connectivity index (χ1v) is 9.35. The highest BCUT2D eigenvalue weighted by Gasteiger charge is 2.16. The molecule has 9 heteroatoms. The minimum Gasteiger partial charge on any atom is -0.496 e. The molecule has 2 aromatic carbocycles. The van der Waals surface area contributed by atoms with E-state index in [4.69, 9.17) is 25.8 Å². The van der Waals surface area contributed by atoms with E-state index in [-0.39, 0.29) is 23.9 Å².